The van der Waals surface area contributed by atoms with E-state index >= 15 is 0 Å². The molecule has 2 atom stereocenters. The molecule has 0 radical (unpaired) electrons. The fraction of sp³-hybridized carbons (Fsp3) is 1.00. The third-order valence-electron chi connectivity index (χ3n) is 3.72. The molecule has 18 heavy (non-hydrogen) atoms. The standard InChI is InChI=1S/C15H32N2O/c1-4-10-16-14(3)8-6-11-17-12-7-9-15(13-17)18-5-2/h14-16H,4-13H2,1-3H3. The average molecular weight is 256 g/mol. The molecule has 1 fully saturated rings. The van der Waals surface area contributed by atoms with Crippen LogP contribution in [0.5, 0.6) is 0 Å². The fourth-order valence-electron chi connectivity index (χ4n) is 2.70. The molecule has 0 amide bonds. The Kier molecular flexibility index (Phi) is 8.64. The molecule has 3 heteroatoms. The van der Waals surface area contributed by atoms with Crippen LogP contribution in [0.2, 0.25) is 0 Å². The van der Waals surface area contributed by atoms with Crippen molar-refractivity contribution in [2.75, 3.05) is 32.8 Å². The lowest BCUT2D eigenvalue weighted by Gasteiger charge is -2.32. The summed E-state index contributed by atoms with van der Waals surface area (Å²) in [5.41, 5.74) is 0. The highest BCUT2D eigenvalue weighted by molar-refractivity contribution is 4.73. The van der Waals surface area contributed by atoms with Gasteiger partial charge in [-0.25, -0.2) is 0 Å². The fourth-order valence-corrected chi connectivity index (χ4v) is 2.70. The first kappa shape index (κ1) is 15.9. The normalized spacial score (nSPS) is 23.2. The molecule has 108 valence electrons. The van der Waals surface area contributed by atoms with E-state index in [0.29, 0.717) is 12.1 Å². The lowest BCUT2D eigenvalue weighted by molar-refractivity contribution is 0.00549. The van der Waals surface area contributed by atoms with Crippen molar-refractivity contribution in [3.8, 4) is 0 Å². The van der Waals surface area contributed by atoms with Crippen LogP contribution in [0.1, 0.15) is 52.9 Å². The van der Waals surface area contributed by atoms with Crippen molar-refractivity contribution < 1.29 is 4.74 Å². The number of piperidine rings is 1. The van der Waals surface area contributed by atoms with Crippen molar-refractivity contribution in [3.63, 3.8) is 0 Å². The van der Waals surface area contributed by atoms with E-state index in [9.17, 15) is 0 Å². The summed E-state index contributed by atoms with van der Waals surface area (Å²) in [5, 5.41) is 3.56. The molecule has 2 unspecified atom stereocenters. The molecular formula is C15H32N2O. The molecule has 0 aromatic carbocycles. The Morgan fingerprint density at radius 2 is 2.22 bits per heavy atom. The lowest BCUT2D eigenvalue weighted by atomic mass is 10.1. The molecule has 1 saturated heterocycles. The summed E-state index contributed by atoms with van der Waals surface area (Å²) >= 11 is 0. The number of rotatable bonds is 9. The van der Waals surface area contributed by atoms with Crippen LogP contribution in [0.3, 0.4) is 0 Å². The highest BCUT2D eigenvalue weighted by atomic mass is 16.5. The van der Waals surface area contributed by atoms with E-state index in [1.54, 1.807) is 0 Å². The molecule has 1 N–H and O–H groups in total. The quantitative estimate of drug-likeness (QED) is 0.686. The second kappa shape index (κ2) is 9.76. The minimum Gasteiger partial charge on any atom is -0.377 e. The van der Waals surface area contributed by atoms with Crippen LogP contribution >= 0.6 is 0 Å². The maximum atomic E-state index is 5.74. The molecule has 1 rings (SSSR count). The van der Waals surface area contributed by atoms with Gasteiger partial charge in [-0.3, -0.25) is 0 Å². The first-order valence-corrected chi connectivity index (χ1v) is 7.83. The van der Waals surface area contributed by atoms with Crippen LogP contribution in [0, 0.1) is 0 Å². The number of ether oxygens (including phenoxy) is 1. The van der Waals surface area contributed by atoms with E-state index in [-0.39, 0.29) is 0 Å². The molecule has 1 aliphatic heterocycles. The SMILES string of the molecule is CCCNC(C)CCCN1CCCC(OCC)C1. The maximum absolute atomic E-state index is 5.74. The Morgan fingerprint density at radius 3 is 2.94 bits per heavy atom. The molecular weight excluding hydrogens is 224 g/mol. The summed E-state index contributed by atoms with van der Waals surface area (Å²) in [6.07, 6.45) is 6.85. The van der Waals surface area contributed by atoms with E-state index in [1.165, 1.54) is 45.2 Å². The summed E-state index contributed by atoms with van der Waals surface area (Å²) in [6.45, 7) is 12.3. The predicted molar refractivity (Wildman–Crippen MR) is 78.1 cm³/mol. The van der Waals surface area contributed by atoms with Gasteiger partial charge in [-0.2, -0.15) is 0 Å². The van der Waals surface area contributed by atoms with Crippen LogP contribution in [-0.2, 0) is 4.74 Å². The van der Waals surface area contributed by atoms with Gasteiger partial charge in [0.1, 0.15) is 0 Å². The van der Waals surface area contributed by atoms with Gasteiger partial charge < -0.3 is 15.0 Å². The van der Waals surface area contributed by atoms with Crippen molar-refractivity contribution in [3.05, 3.63) is 0 Å². The largest absolute Gasteiger partial charge is 0.377 e. The Labute approximate surface area is 113 Å². The van der Waals surface area contributed by atoms with Crippen LogP contribution in [-0.4, -0.2) is 49.8 Å². The summed E-state index contributed by atoms with van der Waals surface area (Å²) < 4.78 is 5.74. The first-order chi connectivity index (χ1) is 8.76. The molecule has 0 spiro atoms. The van der Waals surface area contributed by atoms with Gasteiger partial charge in [-0.15, -0.1) is 0 Å². The third-order valence-corrected chi connectivity index (χ3v) is 3.72. The van der Waals surface area contributed by atoms with Gasteiger partial charge in [0.15, 0.2) is 0 Å². The zero-order valence-corrected chi connectivity index (χ0v) is 12.6. The first-order valence-electron chi connectivity index (χ1n) is 7.83. The molecule has 0 bridgehead atoms. The van der Waals surface area contributed by atoms with Gasteiger partial charge in [0.2, 0.25) is 0 Å². The van der Waals surface area contributed by atoms with Crippen LogP contribution < -0.4 is 5.32 Å². The van der Waals surface area contributed by atoms with Gasteiger partial charge in [0, 0.05) is 19.2 Å². The highest BCUT2D eigenvalue weighted by Crippen LogP contribution is 2.14. The second-order valence-corrected chi connectivity index (χ2v) is 5.52. The van der Waals surface area contributed by atoms with E-state index in [0.717, 1.165) is 19.7 Å². The van der Waals surface area contributed by atoms with Gasteiger partial charge in [-0.1, -0.05) is 6.92 Å². The van der Waals surface area contributed by atoms with Gasteiger partial charge in [-0.05, 0) is 65.6 Å². The van der Waals surface area contributed by atoms with Crippen LogP contribution in [0.15, 0.2) is 0 Å². The summed E-state index contributed by atoms with van der Waals surface area (Å²) in [5.74, 6) is 0. The molecule has 0 aromatic rings. The third kappa shape index (κ3) is 6.72. The average Bonchev–Trinajstić information content (AvgIpc) is 2.37. The highest BCUT2D eigenvalue weighted by Gasteiger charge is 2.19. The Hall–Kier alpha value is -0.120. The Morgan fingerprint density at radius 1 is 1.39 bits per heavy atom. The minimum absolute atomic E-state index is 0.486. The van der Waals surface area contributed by atoms with Gasteiger partial charge >= 0.3 is 0 Å². The van der Waals surface area contributed by atoms with Crippen molar-refractivity contribution in [2.45, 2.75) is 65.0 Å². The molecule has 0 aliphatic carbocycles. The van der Waals surface area contributed by atoms with E-state index < -0.39 is 0 Å². The Balaban J connectivity index is 2.07. The molecule has 0 aromatic heterocycles. The van der Waals surface area contributed by atoms with E-state index in [4.69, 9.17) is 4.74 Å². The summed E-state index contributed by atoms with van der Waals surface area (Å²) in [7, 11) is 0. The maximum Gasteiger partial charge on any atom is 0.0702 e. The summed E-state index contributed by atoms with van der Waals surface area (Å²) in [4.78, 5) is 2.58. The second-order valence-electron chi connectivity index (χ2n) is 5.52. The van der Waals surface area contributed by atoms with Crippen LogP contribution in [0.4, 0.5) is 0 Å². The molecule has 0 saturated carbocycles. The monoisotopic (exact) mass is 256 g/mol. The number of likely N-dealkylation sites (tertiary alicyclic amines) is 1. The van der Waals surface area contributed by atoms with Gasteiger partial charge in [0.25, 0.3) is 0 Å². The van der Waals surface area contributed by atoms with Crippen molar-refractivity contribution >= 4 is 0 Å². The number of hydrogen-bond acceptors (Lipinski definition) is 3. The van der Waals surface area contributed by atoms with Crippen LogP contribution in [0.25, 0.3) is 0 Å². The molecule has 1 aliphatic rings. The number of nitrogens with one attached hydrogen (secondary N) is 1. The van der Waals surface area contributed by atoms with Crippen molar-refractivity contribution in [1.82, 2.24) is 10.2 Å². The zero-order chi connectivity index (χ0) is 13.2. The van der Waals surface area contributed by atoms with E-state index in [2.05, 4.69) is 31.0 Å². The van der Waals surface area contributed by atoms with Gasteiger partial charge in [0.05, 0.1) is 6.10 Å². The van der Waals surface area contributed by atoms with Crippen molar-refractivity contribution in [2.24, 2.45) is 0 Å². The topological polar surface area (TPSA) is 24.5 Å². The van der Waals surface area contributed by atoms with E-state index in [1.807, 2.05) is 0 Å². The lowest BCUT2D eigenvalue weighted by Crippen LogP contribution is -2.40. The smallest absolute Gasteiger partial charge is 0.0702 e. The summed E-state index contributed by atoms with van der Waals surface area (Å²) in [6, 6.07) is 0.664. The number of nitrogens with zero attached hydrogens (tertiary/aromatic N) is 1. The Bertz CT molecular complexity index is 197. The van der Waals surface area contributed by atoms with Crippen molar-refractivity contribution in [1.29, 1.82) is 0 Å². The molecule has 1 heterocycles. The number of hydrogen-bond donors (Lipinski definition) is 1. The molecule has 3 nitrogen and oxygen atoms in total. The predicted octanol–water partition coefficient (Wildman–Crippen LogP) is 2.66. The zero-order valence-electron chi connectivity index (χ0n) is 12.6. The minimum atomic E-state index is 0.486.